The molecule has 69 heavy (non-hydrogen) atoms. The quantitative estimate of drug-likeness (QED) is 0.109. The van der Waals surface area contributed by atoms with Gasteiger partial charge in [0.05, 0.1) is 42.7 Å². The second-order valence-corrected chi connectivity index (χ2v) is 16.7. The van der Waals surface area contributed by atoms with Gasteiger partial charge in [0, 0.05) is 35.7 Å². The predicted molar refractivity (Wildman–Crippen MR) is 255 cm³/mol. The summed E-state index contributed by atoms with van der Waals surface area (Å²) in [5, 5.41) is 25.1. The Labute approximate surface area is 398 Å². The minimum Gasteiger partial charge on any atom is -0.497 e. The molecule has 0 saturated heterocycles. The largest absolute Gasteiger partial charge is 0.497 e. The maximum absolute atomic E-state index is 14.5. The summed E-state index contributed by atoms with van der Waals surface area (Å²) < 4.78 is 53.4. The Morgan fingerprint density at radius 2 is 1.25 bits per heavy atom. The number of H-pyrrole nitrogens is 1. The molecule has 19 heteroatoms. The monoisotopic (exact) mass is 958 g/mol. The van der Waals surface area contributed by atoms with E-state index in [1.54, 1.807) is 88.6 Å². The van der Waals surface area contributed by atoms with Gasteiger partial charge in [0.1, 0.15) is 59.3 Å². The molecular weight excluding hydrogens is 923 g/mol. The number of methoxy groups -OCH3 is 1. The number of aromatic nitrogens is 10. The second-order valence-electron chi connectivity index (χ2n) is 15.1. The number of hydrogen-bond donors (Lipinski definition) is 1. The van der Waals surface area contributed by atoms with Gasteiger partial charge in [-0.05, 0) is 86.7 Å². The molecule has 0 amide bonds. The van der Waals surface area contributed by atoms with Gasteiger partial charge in [-0.3, -0.25) is 14.2 Å². The fourth-order valence-corrected chi connectivity index (χ4v) is 8.53. The molecule has 15 nitrogen and oxygen atoms in total. The first-order valence-electron chi connectivity index (χ1n) is 21.1. The van der Waals surface area contributed by atoms with Gasteiger partial charge in [0.25, 0.3) is 5.56 Å². The number of rotatable bonds is 14. The van der Waals surface area contributed by atoms with Gasteiger partial charge in [-0.15, -0.1) is 0 Å². The normalized spacial score (nSPS) is 11.1. The van der Waals surface area contributed by atoms with Gasteiger partial charge in [-0.2, -0.15) is 37.9 Å². The summed E-state index contributed by atoms with van der Waals surface area (Å²) in [5.41, 5.74) is 8.03. The Hall–Kier alpha value is -8.68. The molecule has 0 aliphatic heterocycles. The van der Waals surface area contributed by atoms with Crippen LogP contribution in [0.3, 0.4) is 0 Å². The van der Waals surface area contributed by atoms with Crippen molar-refractivity contribution in [3.05, 3.63) is 194 Å². The Kier molecular flexibility index (Phi) is 12.8. The first-order valence-corrected chi connectivity index (χ1v) is 23.0. The van der Waals surface area contributed by atoms with Crippen LogP contribution < -0.4 is 15.0 Å². The van der Waals surface area contributed by atoms with Crippen LogP contribution in [0.15, 0.2) is 169 Å². The highest BCUT2D eigenvalue weighted by Crippen LogP contribution is 2.33. The van der Waals surface area contributed by atoms with E-state index in [-0.39, 0.29) is 30.3 Å². The van der Waals surface area contributed by atoms with Crippen LogP contribution in [-0.4, -0.2) is 56.9 Å². The van der Waals surface area contributed by atoms with Crippen LogP contribution in [0.5, 0.6) is 11.6 Å². The van der Waals surface area contributed by atoms with Gasteiger partial charge in [-0.1, -0.05) is 58.8 Å². The molecule has 0 aliphatic carbocycles. The number of hydrogen-bond acceptors (Lipinski definition) is 14. The maximum atomic E-state index is 14.5. The Balaban J connectivity index is 0.000000166. The van der Waals surface area contributed by atoms with Crippen LogP contribution in [0, 0.1) is 11.6 Å². The van der Waals surface area contributed by atoms with E-state index in [4.69, 9.17) is 28.6 Å². The maximum Gasteiger partial charge on any atom is 0.259 e. The second kappa shape index (κ2) is 20.0. The highest BCUT2D eigenvalue weighted by Gasteiger charge is 2.21. The summed E-state index contributed by atoms with van der Waals surface area (Å²) in [6.07, 6.45) is 6.19. The van der Waals surface area contributed by atoms with Crippen LogP contribution in [0.1, 0.15) is 16.7 Å². The number of benzene rings is 3. The van der Waals surface area contributed by atoms with Crippen LogP contribution in [0.2, 0.25) is 0 Å². The van der Waals surface area contributed by atoms with Crippen molar-refractivity contribution in [3.8, 4) is 79.7 Å². The Morgan fingerprint density at radius 1 is 0.667 bits per heavy atom. The van der Waals surface area contributed by atoms with Crippen LogP contribution in [0.4, 0.5) is 8.78 Å². The number of halogens is 2. The van der Waals surface area contributed by atoms with Crippen LogP contribution in [0.25, 0.3) is 68.1 Å². The number of thiophene rings is 2. The average molecular weight is 959 g/mol. The van der Waals surface area contributed by atoms with Gasteiger partial charge < -0.3 is 23.5 Å². The lowest BCUT2D eigenvalue weighted by Crippen LogP contribution is -2.11. The number of nitrogens with one attached hydrogen (secondary N) is 1. The summed E-state index contributed by atoms with van der Waals surface area (Å²) in [4.78, 5) is 29.1. The topological polar surface area (TPSA) is 178 Å². The average Bonchev–Trinajstić information content (AvgIpc) is 4.24. The zero-order valence-corrected chi connectivity index (χ0v) is 37.9. The lowest BCUT2D eigenvalue weighted by atomic mass is 10.2. The molecule has 0 saturated carbocycles. The van der Waals surface area contributed by atoms with Crippen molar-refractivity contribution in [3.63, 3.8) is 0 Å². The molecule has 0 bridgehead atoms. The van der Waals surface area contributed by atoms with Crippen molar-refractivity contribution in [1.82, 2.24) is 49.8 Å². The molecule has 11 aromatic rings. The molecule has 0 unspecified atom stereocenters. The van der Waals surface area contributed by atoms with Gasteiger partial charge in [0.2, 0.25) is 5.88 Å². The summed E-state index contributed by atoms with van der Waals surface area (Å²) in [6.45, 7) is 0.693. The molecular formula is C50H36F2N10O5S2. The van der Waals surface area contributed by atoms with E-state index in [0.29, 0.717) is 75.0 Å². The van der Waals surface area contributed by atoms with Crippen LogP contribution in [-0.2, 0) is 19.7 Å². The Bertz CT molecular complexity index is 3500. The van der Waals surface area contributed by atoms with E-state index in [9.17, 15) is 13.6 Å². The summed E-state index contributed by atoms with van der Waals surface area (Å²) in [7, 11) is 1.63. The number of aromatic amines is 1. The fraction of sp³-hybridized carbons (Fsp3) is 0.0800. The number of ether oxygens (including phenoxy) is 2. The van der Waals surface area contributed by atoms with Crippen molar-refractivity contribution in [1.29, 1.82) is 0 Å². The SMILES string of the molecule is COc1ccc(COc2nc(-c3cc(-c4ccon4)n(Cc4ccccc4F)n3)ncc2-c2ccsc2)cc1.O=c1[nH]c(-c2cc(-c3ccon3)n(Cc3ccccc3F)n2)ncc1-c1ccsc1. The molecule has 0 radical (unpaired) electrons. The van der Waals surface area contributed by atoms with E-state index in [2.05, 4.69) is 30.4 Å². The Morgan fingerprint density at radius 3 is 1.80 bits per heavy atom. The summed E-state index contributed by atoms with van der Waals surface area (Å²) in [6, 6.07) is 31.6. The summed E-state index contributed by atoms with van der Waals surface area (Å²) in [5.74, 6) is 1.25. The van der Waals surface area contributed by atoms with Gasteiger partial charge in [0.15, 0.2) is 11.6 Å². The smallest absolute Gasteiger partial charge is 0.259 e. The molecule has 11 rings (SSSR count). The van der Waals surface area contributed by atoms with E-state index < -0.39 is 0 Å². The molecule has 3 aromatic carbocycles. The molecule has 0 atom stereocenters. The fourth-order valence-electron chi connectivity index (χ4n) is 7.21. The van der Waals surface area contributed by atoms with Crippen molar-refractivity contribution < 1.29 is 27.3 Å². The lowest BCUT2D eigenvalue weighted by Gasteiger charge is -2.11. The molecule has 1 N–H and O–H groups in total. The first kappa shape index (κ1) is 44.2. The third-order valence-electron chi connectivity index (χ3n) is 10.7. The van der Waals surface area contributed by atoms with E-state index >= 15 is 0 Å². The third kappa shape index (κ3) is 9.90. The van der Waals surface area contributed by atoms with E-state index in [1.165, 1.54) is 42.2 Å². The van der Waals surface area contributed by atoms with Crippen molar-refractivity contribution in [2.24, 2.45) is 0 Å². The molecule has 8 heterocycles. The zero-order chi connectivity index (χ0) is 47.1. The third-order valence-corrected chi connectivity index (χ3v) is 12.1. The molecule has 0 spiro atoms. The number of nitrogens with zero attached hydrogens (tertiary/aromatic N) is 9. The molecule has 0 fully saturated rings. The minimum absolute atomic E-state index is 0.187. The molecule has 0 aliphatic rings. The highest BCUT2D eigenvalue weighted by molar-refractivity contribution is 7.08. The van der Waals surface area contributed by atoms with Crippen molar-refractivity contribution >= 4 is 22.7 Å². The van der Waals surface area contributed by atoms with Gasteiger partial charge in [-0.25, -0.2) is 18.7 Å². The van der Waals surface area contributed by atoms with E-state index in [1.807, 2.05) is 64.0 Å². The van der Waals surface area contributed by atoms with Crippen LogP contribution >= 0.6 is 22.7 Å². The van der Waals surface area contributed by atoms with Crippen molar-refractivity contribution in [2.75, 3.05) is 7.11 Å². The van der Waals surface area contributed by atoms with E-state index in [0.717, 1.165) is 28.0 Å². The highest BCUT2D eigenvalue weighted by atomic mass is 32.1. The predicted octanol–water partition coefficient (Wildman–Crippen LogP) is 10.7. The lowest BCUT2D eigenvalue weighted by molar-refractivity contribution is 0.295. The van der Waals surface area contributed by atoms with Crippen molar-refractivity contribution in [2.45, 2.75) is 19.7 Å². The minimum atomic E-state index is -0.327. The zero-order valence-electron chi connectivity index (χ0n) is 36.3. The molecule has 8 aromatic heterocycles. The van der Waals surface area contributed by atoms with Gasteiger partial charge >= 0.3 is 0 Å². The summed E-state index contributed by atoms with van der Waals surface area (Å²) >= 11 is 3.09. The standard InChI is InChI=1S/C29H22FN5O3S.C21H14FN5O2S/c1-36-22-8-6-19(7-9-22)17-37-29-23(21-11-13-39-18-21)15-31-28(32-29)26-14-27(25-10-12-38-34-25)35(33-26)16-20-4-2-3-5-24(20)30;22-16-4-2-1-3-13(16)11-27-19(17-5-7-29-26-17)9-18(25-27)20-23-10-15(21(28)24-20)14-6-8-30-12-14/h2-15,18H,16-17H2,1H3;1-10,12H,11H2,(H,23,24,28). The molecule has 342 valence electrons. The first-order chi connectivity index (χ1) is 33.9.